The van der Waals surface area contributed by atoms with Crippen LogP contribution in [0.1, 0.15) is 19.8 Å². The molecule has 0 aromatic carbocycles. The Kier molecular flexibility index (Phi) is 4.91. The van der Waals surface area contributed by atoms with E-state index in [1.807, 2.05) is 0 Å². The molecule has 1 aliphatic heterocycles. The summed E-state index contributed by atoms with van der Waals surface area (Å²) in [6.07, 6.45) is 1.44. The quantitative estimate of drug-likeness (QED) is 0.765. The van der Waals surface area contributed by atoms with Gasteiger partial charge in [0.1, 0.15) is 0 Å². The predicted molar refractivity (Wildman–Crippen MR) is 62.2 cm³/mol. The first-order valence-electron chi connectivity index (χ1n) is 5.60. The summed E-state index contributed by atoms with van der Waals surface area (Å²) >= 11 is 0. The monoisotopic (exact) mass is 265 g/mol. The largest absolute Gasteiger partial charge is 0.480 e. The highest BCUT2D eigenvalue weighted by Crippen LogP contribution is 2.21. The van der Waals surface area contributed by atoms with E-state index in [2.05, 4.69) is 0 Å². The number of carbonyl (C=O) groups is 1. The number of ether oxygens (including phenoxy) is 1. The van der Waals surface area contributed by atoms with Gasteiger partial charge in [-0.2, -0.15) is 0 Å². The van der Waals surface area contributed by atoms with Crippen molar-refractivity contribution >= 4 is 16.0 Å². The van der Waals surface area contributed by atoms with Crippen molar-refractivity contribution in [1.82, 2.24) is 4.31 Å². The molecule has 1 aliphatic rings. The molecule has 0 aliphatic carbocycles. The zero-order chi connectivity index (χ0) is 13.1. The second-order valence-electron chi connectivity index (χ2n) is 4.32. The Morgan fingerprint density at radius 2 is 2.00 bits per heavy atom. The molecule has 0 spiro atoms. The van der Waals surface area contributed by atoms with Crippen LogP contribution in [0.3, 0.4) is 0 Å². The average molecular weight is 265 g/mol. The first kappa shape index (κ1) is 14.4. The van der Waals surface area contributed by atoms with Crippen LogP contribution in [0.5, 0.6) is 0 Å². The summed E-state index contributed by atoms with van der Waals surface area (Å²) < 4.78 is 30.1. The number of aliphatic carboxylic acids is 1. The topological polar surface area (TPSA) is 83.9 Å². The molecule has 7 heteroatoms. The number of sulfonamides is 1. The van der Waals surface area contributed by atoms with Gasteiger partial charge in [0, 0.05) is 26.8 Å². The van der Waals surface area contributed by atoms with Crippen LogP contribution in [-0.4, -0.2) is 55.9 Å². The molecule has 1 N–H and O–H groups in total. The lowest BCUT2D eigenvalue weighted by molar-refractivity contribution is -0.136. The van der Waals surface area contributed by atoms with E-state index in [0.717, 1.165) is 12.8 Å². The number of nitrogens with zero attached hydrogens (tertiary/aromatic N) is 1. The molecule has 17 heavy (non-hydrogen) atoms. The van der Waals surface area contributed by atoms with Gasteiger partial charge >= 0.3 is 5.97 Å². The van der Waals surface area contributed by atoms with E-state index in [9.17, 15) is 13.2 Å². The molecule has 0 aromatic rings. The van der Waals surface area contributed by atoms with Crippen LogP contribution in [-0.2, 0) is 19.6 Å². The van der Waals surface area contributed by atoms with Crippen LogP contribution in [0.25, 0.3) is 0 Å². The summed E-state index contributed by atoms with van der Waals surface area (Å²) in [6.45, 7) is 2.60. The van der Waals surface area contributed by atoms with Gasteiger partial charge in [-0.25, -0.2) is 12.7 Å². The Bertz CT molecular complexity index is 359. The lowest BCUT2D eigenvalue weighted by Crippen LogP contribution is -2.45. The fourth-order valence-corrected chi connectivity index (χ4v) is 3.34. The molecule has 6 nitrogen and oxygen atoms in total. The second kappa shape index (κ2) is 5.79. The van der Waals surface area contributed by atoms with Crippen LogP contribution >= 0.6 is 0 Å². The maximum atomic E-state index is 11.9. The Labute approximate surface area is 102 Å². The summed E-state index contributed by atoms with van der Waals surface area (Å²) in [7, 11) is -2.09. The van der Waals surface area contributed by atoms with E-state index in [1.165, 1.54) is 11.2 Å². The predicted octanol–water partition coefficient (Wildman–Crippen LogP) is 0.148. The Balaban J connectivity index is 2.62. The maximum Gasteiger partial charge on any atom is 0.323 e. The van der Waals surface area contributed by atoms with Gasteiger partial charge in [-0.15, -0.1) is 0 Å². The highest BCUT2D eigenvalue weighted by molar-refractivity contribution is 7.90. The van der Waals surface area contributed by atoms with E-state index in [1.54, 1.807) is 7.11 Å². The van der Waals surface area contributed by atoms with Crippen LogP contribution in [0, 0.1) is 5.92 Å². The fraction of sp³-hybridized carbons (Fsp3) is 0.900. The summed E-state index contributed by atoms with van der Waals surface area (Å²) in [4.78, 5) is 10.7. The van der Waals surface area contributed by atoms with E-state index in [-0.39, 0.29) is 0 Å². The Morgan fingerprint density at radius 1 is 1.47 bits per heavy atom. The number of hydrogen-bond acceptors (Lipinski definition) is 4. The molecule has 1 heterocycles. The molecule has 1 fully saturated rings. The van der Waals surface area contributed by atoms with Gasteiger partial charge in [0.2, 0.25) is 10.0 Å². The molecule has 0 bridgehead atoms. The van der Waals surface area contributed by atoms with Crippen molar-refractivity contribution in [3.8, 4) is 0 Å². The third-order valence-corrected chi connectivity index (χ3v) is 5.31. The first-order chi connectivity index (χ1) is 7.89. The molecule has 1 atom stereocenters. The minimum Gasteiger partial charge on any atom is -0.480 e. The molecule has 1 saturated heterocycles. The Hall–Kier alpha value is -0.660. The molecule has 1 unspecified atom stereocenters. The summed E-state index contributed by atoms with van der Waals surface area (Å²) in [5.41, 5.74) is 0. The molecule has 0 saturated carbocycles. The maximum absolute atomic E-state index is 11.9. The van der Waals surface area contributed by atoms with Crippen LogP contribution in [0.2, 0.25) is 0 Å². The number of methoxy groups -OCH3 is 1. The summed E-state index contributed by atoms with van der Waals surface area (Å²) in [6, 6.07) is 0. The third-order valence-electron chi connectivity index (χ3n) is 3.13. The number of hydrogen-bond donors (Lipinski definition) is 1. The SMILES string of the molecule is COCC1CCN(S(=O)(=O)C(C)C(=O)O)CC1. The lowest BCUT2D eigenvalue weighted by atomic mass is 9.99. The lowest BCUT2D eigenvalue weighted by Gasteiger charge is -2.31. The molecule has 0 aromatic heterocycles. The van der Waals surface area contributed by atoms with Crippen molar-refractivity contribution in [3.05, 3.63) is 0 Å². The van der Waals surface area contributed by atoms with Gasteiger partial charge in [-0.1, -0.05) is 0 Å². The highest BCUT2D eigenvalue weighted by atomic mass is 32.2. The van der Waals surface area contributed by atoms with Gasteiger partial charge in [-0.05, 0) is 25.7 Å². The molecule has 100 valence electrons. The van der Waals surface area contributed by atoms with Crippen LogP contribution in [0.4, 0.5) is 0 Å². The standard InChI is InChI=1S/C10H19NO5S/c1-8(10(12)13)17(14,15)11-5-3-9(4-6-11)7-16-2/h8-9H,3-7H2,1-2H3,(H,12,13). The minimum atomic E-state index is -3.71. The van der Waals surface area contributed by atoms with Crippen molar-refractivity contribution in [2.24, 2.45) is 5.92 Å². The number of carboxylic acids is 1. The Morgan fingerprint density at radius 3 is 2.41 bits per heavy atom. The molecule has 1 rings (SSSR count). The zero-order valence-corrected chi connectivity index (χ0v) is 10.9. The molecular formula is C10H19NO5S. The van der Waals surface area contributed by atoms with Gasteiger partial charge in [0.15, 0.2) is 5.25 Å². The normalized spacial score (nSPS) is 21.3. The van der Waals surface area contributed by atoms with Crippen molar-refractivity contribution in [3.63, 3.8) is 0 Å². The highest BCUT2D eigenvalue weighted by Gasteiger charge is 2.35. The van der Waals surface area contributed by atoms with E-state index < -0.39 is 21.2 Å². The zero-order valence-electron chi connectivity index (χ0n) is 10.1. The number of rotatable bonds is 5. The van der Waals surface area contributed by atoms with Crippen molar-refractivity contribution in [2.75, 3.05) is 26.8 Å². The van der Waals surface area contributed by atoms with Crippen molar-refractivity contribution < 1.29 is 23.1 Å². The number of piperidine rings is 1. The van der Waals surface area contributed by atoms with Gasteiger partial charge in [-0.3, -0.25) is 4.79 Å². The van der Waals surface area contributed by atoms with Crippen molar-refractivity contribution in [1.29, 1.82) is 0 Å². The van der Waals surface area contributed by atoms with E-state index >= 15 is 0 Å². The number of carboxylic acid groups (broad SMARTS) is 1. The van der Waals surface area contributed by atoms with E-state index in [0.29, 0.717) is 25.6 Å². The summed E-state index contributed by atoms with van der Waals surface area (Å²) in [5.74, 6) is -0.935. The second-order valence-corrected chi connectivity index (χ2v) is 6.58. The summed E-state index contributed by atoms with van der Waals surface area (Å²) in [5, 5.41) is 7.39. The average Bonchev–Trinajstić information content (AvgIpc) is 2.29. The van der Waals surface area contributed by atoms with Crippen LogP contribution in [0.15, 0.2) is 0 Å². The van der Waals surface area contributed by atoms with Gasteiger partial charge in [0.25, 0.3) is 0 Å². The minimum absolute atomic E-state index is 0.367. The first-order valence-corrected chi connectivity index (χ1v) is 7.10. The van der Waals surface area contributed by atoms with Gasteiger partial charge in [0.05, 0.1) is 0 Å². The smallest absolute Gasteiger partial charge is 0.323 e. The molecular weight excluding hydrogens is 246 g/mol. The van der Waals surface area contributed by atoms with Crippen LogP contribution < -0.4 is 0 Å². The molecule has 0 radical (unpaired) electrons. The van der Waals surface area contributed by atoms with Gasteiger partial charge < -0.3 is 9.84 Å². The van der Waals surface area contributed by atoms with Crippen molar-refractivity contribution in [2.45, 2.75) is 25.0 Å². The van der Waals surface area contributed by atoms with E-state index in [4.69, 9.17) is 9.84 Å². The molecule has 0 amide bonds. The third kappa shape index (κ3) is 3.40. The fourth-order valence-electron chi connectivity index (χ4n) is 1.92.